The van der Waals surface area contributed by atoms with Crippen LogP contribution >= 0.6 is 0 Å². The minimum Gasteiger partial charge on any atom is -0.478 e. The first-order valence-corrected chi connectivity index (χ1v) is 5.66. The van der Waals surface area contributed by atoms with Crippen LogP contribution in [-0.4, -0.2) is 66.0 Å². The Morgan fingerprint density at radius 3 is 1.53 bits per heavy atom. The van der Waals surface area contributed by atoms with E-state index in [4.69, 9.17) is 15.3 Å². The number of carboxylic acid groups (broad SMARTS) is 2. The van der Waals surface area contributed by atoms with Gasteiger partial charge < -0.3 is 19.8 Å². The maximum Gasteiger partial charge on any atom is 0.336 e. The van der Waals surface area contributed by atoms with Gasteiger partial charge in [-0.05, 0) is 12.1 Å². The molecule has 0 unspecified atom stereocenters. The highest BCUT2D eigenvalue weighted by atomic mass is 16.4. The van der Waals surface area contributed by atoms with Crippen molar-refractivity contribution in [2.45, 2.75) is 0 Å². The van der Waals surface area contributed by atoms with Gasteiger partial charge in [0.05, 0.1) is 38.9 Å². The Labute approximate surface area is 112 Å². The summed E-state index contributed by atoms with van der Waals surface area (Å²) in [5, 5.41) is 25.5. The van der Waals surface area contributed by atoms with Crippen LogP contribution in [0.2, 0.25) is 0 Å². The summed E-state index contributed by atoms with van der Waals surface area (Å²) in [5.74, 6) is -2.46. The number of likely N-dealkylation sites (N-methyl/N-ethyl adjacent to an activating group) is 1. The summed E-state index contributed by atoms with van der Waals surface area (Å²) in [5.41, 5.74) is -0.380. The molecule has 6 heteroatoms. The number of hydrogen-bond donors (Lipinski definition) is 3. The summed E-state index contributed by atoms with van der Waals surface area (Å²) in [4.78, 5) is 20.9. The Balaban J connectivity index is 0.000000399. The molecule has 0 fully saturated rings. The summed E-state index contributed by atoms with van der Waals surface area (Å²) in [7, 11) is 6.16. The second-order valence-electron chi connectivity index (χ2n) is 4.89. The number of quaternary nitrogens is 1. The van der Waals surface area contributed by atoms with Gasteiger partial charge in [0.1, 0.15) is 6.54 Å². The van der Waals surface area contributed by atoms with Gasteiger partial charge in [-0.3, -0.25) is 0 Å². The zero-order chi connectivity index (χ0) is 15.1. The van der Waals surface area contributed by atoms with E-state index >= 15 is 0 Å². The summed E-state index contributed by atoms with van der Waals surface area (Å²) >= 11 is 0. The monoisotopic (exact) mass is 270 g/mol. The molecule has 0 saturated heterocycles. The van der Waals surface area contributed by atoms with Crippen LogP contribution in [0.25, 0.3) is 0 Å². The van der Waals surface area contributed by atoms with Crippen molar-refractivity contribution in [2.24, 2.45) is 0 Å². The molecule has 106 valence electrons. The molecule has 6 nitrogen and oxygen atoms in total. The molecular weight excluding hydrogens is 250 g/mol. The Hall–Kier alpha value is -1.92. The van der Waals surface area contributed by atoms with Gasteiger partial charge in [0.2, 0.25) is 0 Å². The van der Waals surface area contributed by atoms with Gasteiger partial charge in [-0.15, -0.1) is 0 Å². The highest BCUT2D eigenvalue weighted by molar-refractivity contribution is 6.01. The van der Waals surface area contributed by atoms with E-state index in [0.29, 0.717) is 0 Å². The van der Waals surface area contributed by atoms with Crippen LogP contribution < -0.4 is 0 Å². The fourth-order valence-electron chi connectivity index (χ4n) is 1.16. The number of benzene rings is 1. The SMILES string of the molecule is C[N+](C)(C)CCO.O=C(O)c1ccccc1C(=O)O. The van der Waals surface area contributed by atoms with Crippen LogP contribution in [0.3, 0.4) is 0 Å². The number of carbonyl (C=O) groups is 2. The van der Waals surface area contributed by atoms with E-state index in [0.717, 1.165) is 11.0 Å². The molecule has 0 radical (unpaired) electrons. The number of carboxylic acids is 2. The third kappa shape index (κ3) is 7.17. The number of aliphatic hydroxyl groups is 1. The zero-order valence-corrected chi connectivity index (χ0v) is 11.3. The van der Waals surface area contributed by atoms with Crippen LogP contribution in [0.15, 0.2) is 24.3 Å². The smallest absolute Gasteiger partial charge is 0.336 e. The molecule has 0 amide bonds. The number of aliphatic hydroxyl groups excluding tert-OH is 1. The van der Waals surface area contributed by atoms with E-state index in [1.165, 1.54) is 24.3 Å². The molecule has 1 aromatic carbocycles. The Bertz CT molecular complexity index is 404. The lowest BCUT2D eigenvalue weighted by Gasteiger charge is -2.21. The molecule has 0 aromatic heterocycles. The number of hydrogen-bond acceptors (Lipinski definition) is 3. The molecule has 0 heterocycles. The summed E-state index contributed by atoms with van der Waals surface area (Å²) in [6, 6.07) is 5.48. The van der Waals surface area contributed by atoms with Crippen molar-refractivity contribution in [3.63, 3.8) is 0 Å². The van der Waals surface area contributed by atoms with Crippen molar-refractivity contribution in [3.05, 3.63) is 35.4 Å². The van der Waals surface area contributed by atoms with E-state index < -0.39 is 11.9 Å². The van der Waals surface area contributed by atoms with Crippen LogP contribution in [0.1, 0.15) is 20.7 Å². The van der Waals surface area contributed by atoms with E-state index in [9.17, 15) is 9.59 Å². The van der Waals surface area contributed by atoms with Crippen LogP contribution in [0, 0.1) is 0 Å². The molecule has 0 aliphatic carbocycles. The van der Waals surface area contributed by atoms with Crippen LogP contribution in [0.4, 0.5) is 0 Å². The average molecular weight is 270 g/mol. The van der Waals surface area contributed by atoms with Gasteiger partial charge >= 0.3 is 11.9 Å². The van der Waals surface area contributed by atoms with Gasteiger partial charge in [-0.2, -0.15) is 0 Å². The van der Waals surface area contributed by atoms with Crippen LogP contribution in [-0.2, 0) is 0 Å². The Morgan fingerprint density at radius 1 is 1.00 bits per heavy atom. The van der Waals surface area contributed by atoms with Gasteiger partial charge in [-0.25, -0.2) is 9.59 Å². The normalized spacial score (nSPS) is 10.3. The average Bonchev–Trinajstić information content (AvgIpc) is 2.28. The van der Waals surface area contributed by atoms with Crippen molar-refractivity contribution in [3.8, 4) is 0 Å². The predicted molar refractivity (Wildman–Crippen MR) is 70.3 cm³/mol. The van der Waals surface area contributed by atoms with E-state index in [2.05, 4.69) is 21.1 Å². The number of aromatic carboxylic acids is 2. The summed E-state index contributed by atoms with van der Waals surface area (Å²) in [6.45, 7) is 1.11. The molecule has 1 rings (SSSR count). The van der Waals surface area contributed by atoms with Crippen molar-refractivity contribution >= 4 is 11.9 Å². The fourth-order valence-corrected chi connectivity index (χ4v) is 1.16. The number of rotatable bonds is 4. The maximum absolute atomic E-state index is 10.5. The molecule has 0 spiro atoms. The lowest BCUT2D eigenvalue weighted by Crippen LogP contribution is -2.36. The molecule has 0 aliphatic rings. The Morgan fingerprint density at radius 2 is 1.37 bits per heavy atom. The fraction of sp³-hybridized carbons (Fsp3) is 0.385. The molecule has 19 heavy (non-hydrogen) atoms. The van der Waals surface area contributed by atoms with Crippen molar-refractivity contribution in [2.75, 3.05) is 34.3 Å². The second kappa shape index (κ2) is 7.50. The Kier molecular flexibility index (Phi) is 6.74. The standard InChI is InChI=1S/C8H6O4.C5H14NO/c9-7(10)5-3-1-2-4-6(5)8(11)12;1-6(2,3)4-5-7/h1-4H,(H,9,10)(H,11,12);7H,4-5H2,1-3H3/q;+1. The van der Waals surface area contributed by atoms with Crippen molar-refractivity contribution in [1.29, 1.82) is 0 Å². The van der Waals surface area contributed by atoms with Gasteiger partial charge in [0.15, 0.2) is 0 Å². The molecule has 1 aromatic rings. The molecule has 0 saturated carbocycles. The lowest BCUT2D eigenvalue weighted by molar-refractivity contribution is -0.870. The third-order valence-electron chi connectivity index (χ3n) is 2.16. The van der Waals surface area contributed by atoms with Gasteiger partial charge in [0, 0.05) is 0 Å². The first-order chi connectivity index (χ1) is 8.69. The zero-order valence-electron chi connectivity index (χ0n) is 11.3. The highest BCUT2D eigenvalue weighted by Gasteiger charge is 2.13. The van der Waals surface area contributed by atoms with Crippen LogP contribution in [0.5, 0.6) is 0 Å². The molecular formula is C13H20NO5+. The molecule has 0 aliphatic heterocycles. The number of nitrogens with zero attached hydrogens (tertiary/aromatic N) is 1. The molecule has 0 bridgehead atoms. The highest BCUT2D eigenvalue weighted by Crippen LogP contribution is 2.07. The van der Waals surface area contributed by atoms with E-state index in [1.807, 2.05) is 0 Å². The summed E-state index contributed by atoms with van der Waals surface area (Å²) in [6.07, 6.45) is 0. The largest absolute Gasteiger partial charge is 0.478 e. The minimum atomic E-state index is -1.23. The van der Waals surface area contributed by atoms with E-state index in [1.54, 1.807) is 0 Å². The second-order valence-corrected chi connectivity index (χ2v) is 4.89. The third-order valence-corrected chi connectivity index (χ3v) is 2.16. The van der Waals surface area contributed by atoms with Gasteiger partial charge in [-0.1, -0.05) is 12.1 Å². The maximum atomic E-state index is 10.5. The first kappa shape index (κ1) is 17.1. The molecule has 3 N–H and O–H groups in total. The summed E-state index contributed by atoms with van der Waals surface area (Å²) < 4.78 is 0.844. The van der Waals surface area contributed by atoms with Gasteiger partial charge in [0.25, 0.3) is 0 Å². The minimum absolute atomic E-state index is 0.190. The first-order valence-electron chi connectivity index (χ1n) is 5.66. The quantitative estimate of drug-likeness (QED) is 0.702. The van der Waals surface area contributed by atoms with Crippen molar-refractivity contribution < 1.29 is 29.4 Å². The molecule has 0 atom stereocenters. The van der Waals surface area contributed by atoms with Crippen molar-refractivity contribution in [1.82, 2.24) is 0 Å². The topological polar surface area (TPSA) is 94.8 Å². The predicted octanol–water partition coefficient (Wildman–Crippen LogP) is 0.768. The van der Waals surface area contributed by atoms with E-state index in [-0.39, 0.29) is 17.7 Å². The lowest BCUT2D eigenvalue weighted by atomic mass is 10.1.